The van der Waals surface area contributed by atoms with Crippen LogP contribution in [-0.4, -0.2) is 11.9 Å². The zero-order valence-electron chi connectivity index (χ0n) is 11.4. The highest BCUT2D eigenvalue weighted by Gasteiger charge is 2.14. The van der Waals surface area contributed by atoms with Crippen molar-refractivity contribution in [3.63, 3.8) is 0 Å². The van der Waals surface area contributed by atoms with Crippen LogP contribution in [0, 0.1) is 5.53 Å². The van der Waals surface area contributed by atoms with Crippen LogP contribution >= 0.6 is 0 Å². The first-order valence-electron chi connectivity index (χ1n) is 6.02. The third-order valence-corrected chi connectivity index (χ3v) is 2.71. The summed E-state index contributed by atoms with van der Waals surface area (Å²) in [6.45, 7) is 11.5. The largest absolute Gasteiger partial charge is 0.345 e. The summed E-state index contributed by atoms with van der Waals surface area (Å²) >= 11 is 0. The summed E-state index contributed by atoms with van der Waals surface area (Å²) in [6.07, 6.45) is 0.682. The van der Waals surface area contributed by atoms with Gasteiger partial charge in [0.2, 0.25) is 0 Å². The summed E-state index contributed by atoms with van der Waals surface area (Å²) in [5, 5.41) is 6.22. The first-order chi connectivity index (χ1) is 8.93. The molecule has 0 bridgehead atoms. The molecule has 1 unspecified atom stereocenters. The van der Waals surface area contributed by atoms with E-state index in [-0.39, 0.29) is 11.9 Å². The summed E-state index contributed by atoms with van der Waals surface area (Å²) in [6, 6.07) is 6.47. The molecule has 0 aromatic heterocycles. The van der Waals surface area contributed by atoms with Crippen LogP contribution in [0.3, 0.4) is 0 Å². The van der Waals surface area contributed by atoms with Crippen molar-refractivity contribution in [1.29, 1.82) is 5.53 Å². The van der Waals surface area contributed by atoms with E-state index in [4.69, 9.17) is 5.53 Å². The smallest absolute Gasteiger partial charge is 0.251 e. The molecule has 0 aliphatic heterocycles. The molecule has 1 atom stereocenters. The molecule has 2 N–H and O–H groups in total. The first kappa shape index (κ1) is 14.8. The van der Waals surface area contributed by atoms with E-state index in [0.29, 0.717) is 17.7 Å². The van der Waals surface area contributed by atoms with Crippen molar-refractivity contribution in [2.24, 2.45) is 5.11 Å². The molecule has 0 aliphatic carbocycles. The van der Waals surface area contributed by atoms with Crippen molar-refractivity contribution in [2.45, 2.75) is 26.3 Å². The van der Waals surface area contributed by atoms with Gasteiger partial charge in [0.25, 0.3) is 5.91 Å². The fourth-order valence-electron chi connectivity index (χ4n) is 1.63. The highest BCUT2D eigenvalue weighted by atomic mass is 16.1. The van der Waals surface area contributed by atoms with Crippen LogP contribution in [-0.2, 0) is 0 Å². The molecule has 1 aromatic rings. The molecular formula is C15H19N3O. The third-order valence-electron chi connectivity index (χ3n) is 2.71. The monoisotopic (exact) mass is 257 g/mol. The zero-order chi connectivity index (χ0) is 14.4. The lowest BCUT2D eigenvalue weighted by Gasteiger charge is -2.19. The van der Waals surface area contributed by atoms with Crippen LogP contribution in [0.15, 0.2) is 53.7 Å². The maximum absolute atomic E-state index is 12.1. The number of hydrogen-bond donors (Lipinski definition) is 2. The SMILES string of the molecule is C=C(C)CC(NC(=O)c1ccc(N=N)cc1)C(=C)C. The molecule has 0 saturated carbocycles. The minimum Gasteiger partial charge on any atom is -0.345 e. The summed E-state index contributed by atoms with van der Waals surface area (Å²) in [5.74, 6) is -0.161. The zero-order valence-corrected chi connectivity index (χ0v) is 11.4. The quantitative estimate of drug-likeness (QED) is 0.587. The van der Waals surface area contributed by atoms with Gasteiger partial charge >= 0.3 is 0 Å². The standard InChI is InChI=1S/C15H19N3O/c1-10(2)9-14(11(3)4)17-15(19)12-5-7-13(18-16)8-6-12/h5-8,14,16H,1,3,9H2,2,4H3,(H,17,19). The van der Waals surface area contributed by atoms with Gasteiger partial charge in [-0.1, -0.05) is 17.7 Å². The second-order valence-corrected chi connectivity index (χ2v) is 4.69. The molecule has 4 nitrogen and oxygen atoms in total. The number of amides is 1. The molecule has 100 valence electrons. The fourth-order valence-corrected chi connectivity index (χ4v) is 1.63. The Morgan fingerprint density at radius 3 is 2.32 bits per heavy atom. The number of rotatable bonds is 6. The number of benzene rings is 1. The lowest BCUT2D eigenvalue weighted by Crippen LogP contribution is -2.35. The van der Waals surface area contributed by atoms with Crippen LogP contribution in [0.1, 0.15) is 30.6 Å². The average Bonchev–Trinajstić information content (AvgIpc) is 2.37. The van der Waals surface area contributed by atoms with Crippen LogP contribution in [0.25, 0.3) is 0 Å². The number of carbonyl (C=O) groups excluding carboxylic acids is 1. The fraction of sp³-hybridized carbons (Fsp3) is 0.267. The van der Waals surface area contributed by atoms with Crippen molar-refractivity contribution < 1.29 is 4.79 Å². The van der Waals surface area contributed by atoms with Crippen LogP contribution < -0.4 is 5.32 Å². The maximum Gasteiger partial charge on any atom is 0.251 e. The minimum absolute atomic E-state index is 0.106. The summed E-state index contributed by atoms with van der Waals surface area (Å²) in [7, 11) is 0. The van der Waals surface area contributed by atoms with E-state index in [9.17, 15) is 4.79 Å². The van der Waals surface area contributed by atoms with Gasteiger partial charge < -0.3 is 5.32 Å². The number of carbonyl (C=O) groups is 1. The molecule has 0 fully saturated rings. The molecule has 1 aromatic carbocycles. The molecule has 19 heavy (non-hydrogen) atoms. The Balaban J connectivity index is 2.78. The van der Waals surface area contributed by atoms with E-state index in [1.807, 2.05) is 13.8 Å². The van der Waals surface area contributed by atoms with E-state index in [2.05, 4.69) is 23.6 Å². The molecule has 0 aliphatic rings. The van der Waals surface area contributed by atoms with Gasteiger partial charge in [0.1, 0.15) is 0 Å². The first-order valence-corrected chi connectivity index (χ1v) is 6.02. The minimum atomic E-state index is -0.161. The number of nitrogens with one attached hydrogen (secondary N) is 2. The van der Waals surface area contributed by atoms with Crippen LogP contribution in [0.5, 0.6) is 0 Å². The second kappa shape index (κ2) is 6.64. The van der Waals surface area contributed by atoms with Gasteiger partial charge in [-0.25, -0.2) is 5.53 Å². The van der Waals surface area contributed by atoms with Gasteiger partial charge in [-0.05, 0) is 44.5 Å². The van der Waals surface area contributed by atoms with Gasteiger partial charge in [-0.2, -0.15) is 5.11 Å². The average molecular weight is 257 g/mol. The predicted octanol–water partition coefficient (Wildman–Crippen LogP) is 3.99. The maximum atomic E-state index is 12.1. The van der Waals surface area contributed by atoms with Crippen LogP contribution in [0.2, 0.25) is 0 Å². The van der Waals surface area contributed by atoms with Crippen LogP contribution in [0.4, 0.5) is 5.69 Å². The van der Waals surface area contributed by atoms with E-state index in [0.717, 1.165) is 11.1 Å². The number of hydrogen-bond acceptors (Lipinski definition) is 3. The third kappa shape index (κ3) is 4.50. The lowest BCUT2D eigenvalue weighted by molar-refractivity contribution is 0.0942. The normalized spacial score (nSPS) is 11.5. The Bertz CT molecular complexity index is 503. The van der Waals surface area contributed by atoms with E-state index < -0.39 is 0 Å². The van der Waals surface area contributed by atoms with Gasteiger partial charge in [0.15, 0.2) is 0 Å². The van der Waals surface area contributed by atoms with Crippen molar-refractivity contribution in [3.8, 4) is 0 Å². The Morgan fingerprint density at radius 2 is 1.89 bits per heavy atom. The second-order valence-electron chi connectivity index (χ2n) is 4.69. The topological polar surface area (TPSA) is 65.3 Å². The summed E-state index contributed by atoms with van der Waals surface area (Å²) in [5.41, 5.74) is 9.83. The molecule has 0 saturated heterocycles. The van der Waals surface area contributed by atoms with Gasteiger partial charge in [0, 0.05) is 5.56 Å². The molecule has 1 rings (SSSR count). The molecular weight excluding hydrogens is 238 g/mol. The molecule has 0 spiro atoms. The van der Waals surface area contributed by atoms with Crippen molar-refractivity contribution in [3.05, 3.63) is 54.1 Å². The molecule has 1 amide bonds. The number of nitrogens with zero attached hydrogens (tertiary/aromatic N) is 1. The summed E-state index contributed by atoms with van der Waals surface area (Å²) < 4.78 is 0. The highest BCUT2D eigenvalue weighted by Crippen LogP contribution is 2.14. The highest BCUT2D eigenvalue weighted by molar-refractivity contribution is 5.94. The van der Waals surface area contributed by atoms with E-state index >= 15 is 0 Å². The molecule has 4 heteroatoms. The molecule has 0 radical (unpaired) electrons. The van der Waals surface area contributed by atoms with E-state index in [1.165, 1.54) is 0 Å². The van der Waals surface area contributed by atoms with Crippen molar-refractivity contribution in [2.75, 3.05) is 0 Å². The lowest BCUT2D eigenvalue weighted by atomic mass is 10.0. The van der Waals surface area contributed by atoms with Crippen molar-refractivity contribution >= 4 is 11.6 Å². The molecule has 0 heterocycles. The van der Waals surface area contributed by atoms with Gasteiger partial charge in [-0.15, -0.1) is 6.58 Å². The van der Waals surface area contributed by atoms with E-state index in [1.54, 1.807) is 24.3 Å². The summed E-state index contributed by atoms with van der Waals surface area (Å²) in [4.78, 5) is 12.1. The van der Waals surface area contributed by atoms with Crippen molar-refractivity contribution in [1.82, 2.24) is 5.32 Å². The van der Waals surface area contributed by atoms with Gasteiger partial charge in [0.05, 0.1) is 11.7 Å². The Labute approximate surface area is 113 Å². The van der Waals surface area contributed by atoms with Gasteiger partial charge in [-0.3, -0.25) is 4.79 Å². The Morgan fingerprint density at radius 1 is 1.32 bits per heavy atom. The predicted molar refractivity (Wildman–Crippen MR) is 76.7 cm³/mol. The Kier molecular flexibility index (Phi) is 5.18. The Hall–Kier alpha value is -2.23.